The van der Waals surface area contributed by atoms with Crippen molar-refractivity contribution in [3.8, 4) is 11.5 Å². The lowest BCUT2D eigenvalue weighted by Crippen LogP contribution is -2.38. The van der Waals surface area contributed by atoms with Crippen LogP contribution < -0.4 is 20.1 Å². The molecule has 0 radical (unpaired) electrons. The minimum absolute atomic E-state index is 0. The molecule has 0 aliphatic carbocycles. The number of halogens is 1. The van der Waals surface area contributed by atoms with Crippen molar-refractivity contribution in [2.75, 3.05) is 26.4 Å². The van der Waals surface area contributed by atoms with Gasteiger partial charge in [-0.3, -0.25) is 4.99 Å². The number of guanidine groups is 1. The summed E-state index contributed by atoms with van der Waals surface area (Å²) >= 11 is 0. The molecule has 7 heteroatoms. The number of aliphatic imine (C=N–C) groups is 1. The SMILES string of the molecule is CCNC(=NCCC(O)c1ccccc1)NCCc1ccc2c(c1)OCO2.I. The molecule has 0 spiro atoms. The first-order valence-electron chi connectivity index (χ1n) is 9.40. The van der Waals surface area contributed by atoms with Crippen LogP contribution in [-0.4, -0.2) is 37.5 Å². The molecule has 3 rings (SSSR count). The highest BCUT2D eigenvalue weighted by atomic mass is 127. The maximum absolute atomic E-state index is 10.2. The molecule has 0 aromatic heterocycles. The average molecular weight is 497 g/mol. The van der Waals surface area contributed by atoms with Crippen LogP contribution in [0, 0.1) is 0 Å². The van der Waals surface area contributed by atoms with Crippen molar-refractivity contribution in [3.63, 3.8) is 0 Å². The summed E-state index contributed by atoms with van der Waals surface area (Å²) in [5.41, 5.74) is 2.11. The summed E-state index contributed by atoms with van der Waals surface area (Å²) < 4.78 is 10.8. The highest BCUT2D eigenvalue weighted by Gasteiger charge is 2.13. The van der Waals surface area contributed by atoms with E-state index < -0.39 is 6.10 Å². The topological polar surface area (TPSA) is 75.1 Å². The van der Waals surface area contributed by atoms with Gasteiger partial charge in [-0.1, -0.05) is 36.4 Å². The van der Waals surface area contributed by atoms with Crippen LogP contribution in [-0.2, 0) is 6.42 Å². The molecular formula is C21H28IN3O3. The number of aliphatic hydroxyl groups is 1. The first kappa shape index (κ1) is 22.3. The number of hydrogen-bond acceptors (Lipinski definition) is 4. The lowest BCUT2D eigenvalue weighted by molar-refractivity contribution is 0.170. The lowest BCUT2D eigenvalue weighted by Gasteiger charge is -2.13. The molecule has 0 saturated heterocycles. The number of rotatable bonds is 8. The van der Waals surface area contributed by atoms with Crippen LogP contribution in [0.4, 0.5) is 0 Å². The Balaban J connectivity index is 0.00000280. The number of nitrogens with one attached hydrogen (secondary N) is 2. The van der Waals surface area contributed by atoms with E-state index >= 15 is 0 Å². The summed E-state index contributed by atoms with van der Waals surface area (Å²) in [5.74, 6) is 2.38. The van der Waals surface area contributed by atoms with Gasteiger partial charge in [0.1, 0.15) is 0 Å². The maximum Gasteiger partial charge on any atom is 0.231 e. The molecule has 0 fully saturated rings. The van der Waals surface area contributed by atoms with Crippen molar-refractivity contribution in [2.24, 2.45) is 4.99 Å². The van der Waals surface area contributed by atoms with Gasteiger partial charge in [0, 0.05) is 19.6 Å². The standard InChI is InChI=1S/C21H27N3O3.HI/c1-2-22-21(24-13-11-18(25)17-6-4-3-5-7-17)23-12-10-16-8-9-19-20(14-16)27-15-26-19;/h3-9,14,18,25H,2,10-13,15H2,1H3,(H2,22,23,24);1H. The van der Waals surface area contributed by atoms with Crippen LogP contribution in [0.5, 0.6) is 11.5 Å². The fourth-order valence-electron chi connectivity index (χ4n) is 2.90. The van der Waals surface area contributed by atoms with Crippen LogP contribution >= 0.6 is 24.0 Å². The summed E-state index contributed by atoms with van der Waals surface area (Å²) in [6, 6.07) is 15.7. The average Bonchev–Trinajstić information content (AvgIpc) is 3.16. The highest BCUT2D eigenvalue weighted by Crippen LogP contribution is 2.32. The second kappa shape index (κ2) is 11.8. The third kappa shape index (κ3) is 6.56. The first-order chi connectivity index (χ1) is 13.3. The normalized spacial score (nSPS) is 13.6. The van der Waals surface area contributed by atoms with E-state index in [-0.39, 0.29) is 24.0 Å². The quantitative estimate of drug-likeness (QED) is 0.297. The van der Waals surface area contributed by atoms with E-state index in [0.29, 0.717) is 19.8 Å². The van der Waals surface area contributed by atoms with Gasteiger partial charge < -0.3 is 25.2 Å². The fourth-order valence-corrected chi connectivity index (χ4v) is 2.90. The zero-order valence-electron chi connectivity index (χ0n) is 16.1. The molecule has 0 saturated carbocycles. The molecule has 28 heavy (non-hydrogen) atoms. The molecule has 6 nitrogen and oxygen atoms in total. The third-order valence-corrected chi connectivity index (χ3v) is 4.34. The van der Waals surface area contributed by atoms with Crippen molar-refractivity contribution in [1.82, 2.24) is 10.6 Å². The van der Waals surface area contributed by atoms with Crippen molar-refractivity contribution >= 4 is 29.9 Å². The molecule has 2 aromatic rings. The predicted octanol–water partition coefficient (Wildman–Crippen LogP) is 3.25. The molecule has 152 valence electrons. The summed E-state index contributed by atoms with van der Waals surface area (Å²) in [5, 5.41) is 16.8. The van der Waals surface area contributed by atoms with Crippen molar-refractivity contribution in [2.45, 2.75) is 25.9 Å². The second-order valence-electron chi connectivity index (χ2n) is 6.34. The minimum atomic E-state index is -0.494. The van der Waals surface area contributed by atoms with Gasteiger partial charge in [-0.05, 0) is 43.0 Å². The van der Waals surface area contributed by atoms with E-state index in [4.69, 9.17) is 9.47 Å². The van der Waals surface area contributed by atoms with E-state index in [0.717, 1.165) is 42.5 Å². The Morgan fingerprint density at radius 1 is 1.11 bits per heavy atom. The number of ether oxygens (including phenoxy) is 2. The van der Waals surface area contributed by atoms with Crippen LogP contribution in [0.25, 0.3) is 0 Å². The second-order valence-corrected chi connectivity index (χ2v) is 6.34. The molecular weight excluding hydrogens is 469 g/mol. The zero-order chi connectivity index (χ0) is 18.9. The molecule has 1 unspecified atom stereocenters. The Morgan fingerprint density at radius 3 is 2.68 bits per heavy atom. The van der Waals surface area contributed by atoms with E-state index in [1.807, 2.05) is 49.4 Å². The van der Waals surface area contributed by atoms with Gasteiger partial charge in [-0.2, -0.15) is 0 Å². The van der Waals surface area contributed by atoms with Gasteiger partial charge in [0.25, 0.3) is 0 Å². The molecule has 0 amide bonds. The van der Waals surface area contributed by atoms with E-state index in [1.54, 1.807) is 0 Å². The number of nitrogens with zero attached hydrogens (tertiary/aromatic N) is 1. The third-order valence-electron chi connectivity index (χ3n) is 4.34. The Labute approximate surface area is 183 Å². The monoisotopic (exact) mass is 497 g/mol. The zero-order valence-corrected chi connectivity index (χ0v) is 18.4. The number of fused-ring (bicyclic) bond motifs is 1. The van der Waals surface area contributed by atoms with Crippen LogP contribution in [0.3, 0.4) is 0 Å². The molecule has 0 bridgehead atoms. The summed E-state index contributed by atoms with van der Waals surface area (Å²) in [7, 11) is 0. The molecule has 3 N–H and O–H groups in total. The largest absolute Gasteiger partial charge is 0.454 e. The van der Waals surface area contributed by atoms with Crippen LogP contribution in [0.1, 0.15) is 30.6 Å². The molecule has 1 aliphatic rings. The van der Waals surface area contributed by atoms with Gasteiger partial charge >= 0.3 is 0 Å². The number of benzene rings is 2. The summed E-state index contributed by atoms with van der Waals surface area (Å²) in [4.78, 5) is 4.56. The van der Waals surface area contributed by atoms with Gasteiger partial charge in [-0.15, -0.1) is 24.0 Å². The van der Waals surface area contributed by atoms with Crippen LogP contribution in [0.15, 0.2) is 53.5 Å². The summed E-state index contributed by atoms with van der Waals surface area (Å²) in [6.07, 6.45) is 0.947. The van der Waals surface area contributed by atoms with Gasteiger partial charge in [-0.25, -0.2) is 0 Å². The Hall–Kier alpha value is -2.00. The minimum Gasteiger partial charge on any atom is -0.454 e. The fraction of sp³-hybridized carbons (Fsp3) is 0.381. The highest BCUT2D eigenvalue weighted by molar-refractivity contribution is 14.0. The van der Waals surface area contributed by atoms with E-state index in [9.17, 15) is 5.11 Å². The van der Waals surface area contributed by atoms with Crippen molar-refractivity contribution < 1.29 is 14.6 Å². The number of aliphatic hydroxyl groups excluding tert-OH is 1. The van der Waals surface area contributed by atoms with Crippen molar-refractivity contribution in [3.05, 3.63) is 59.7 Å². The Bertz CT molecular complexity index is 756. The van der Waals surface area contributed by atoms with Crippen molar-refractivity contribution in [1.29, 1.82) is 0 Å². The first-order valence-corrected chi connectivity index (χ1v) is 9.40. The number of hydrogen-bond donors (Lipinski definition) is 3. The Morgan fingerprint density at radius 2 is 1.89 bits per heavy atom. The predicted molar refractivity (Wildman–Crippen MR) is 122 cm³/mol. The molecule has 2 aromatic carbocycles. The van der Waals surface area contributed by atoms with Gasteiger partial charge in [0.15, 0.2) is 17.5 Å². The maximum atomic E-state index is 10.2. The van der Waals surface area contributed by atoms with Gasteiger partial charge in [0.2, 0.25) is 6.79 Å². The van der Waals surface area contributed by atoms with E-state index in [1.165, 1.54) is 5.56 Å². The smallest absolute Gasteiger partial charge is 0.231 e. The molecule has 1 aliphatic heterocycles. The molecule has 1 atom stereocenters. The van der Waals surface area contributed by atoms with Crippen LogP contribution in [0.2, 0.25) is 0 Å². The Kier molecular flexibility index (Phi) is 9.36. The van der Waals surface area contributed by atoms with E-state index in [2.05, 4.69) is 21.7 Å². The lowest BCUT2D eigenvalue weighted by atomic mass is 10.1. The molecule has 1 heterocycles. The summed E-state index contributed by atoms with van der Waals surface area (Å²) in [6.45, 7) is 4.43. The van der Waals surface area contributed by atoms with Gasteiger partial charge in [0.05, 0.1) is 6.10 Å².